The summed E-state index contributed by atoms with van der Waals surface area (Å²) in [7, 11) is 0. The Hall–Kier alpha value is -3.46. The maximum atomic E-state index is 13.2. The van der Waals surface area contributed by atoms with E-state index < -0.39 is 0 Å². The number of benzene rings is 2. The lowest BCUT2D eigenvalue weighted by molar-refractivity contribution is -0.113. The first-order valence-corrected chi connectivity index (χ1v) is 10.1. The molecule has 2 heterocycles. The first kappa shape index (κ1) is 19.8. The molecule has 2 N–H and O–H groups in total. The number of amides is 1. The second-order valence-electron chi connectivity index (χ2n) is 6.73. The van der Waals surface area contributed by atoms with Crippen LogP contribution in [0.5, 0.6) is 0 Å². The van der Waals surface area contributed by atoms with E-state index in [9.17, 15) is 14.0 Å². The van der Waals surface area contributed by atoms with Crippen molar-refractivity contribution in [1.29, 1.82) is 0 Å². The van der Waals surface area contributed by atoms with Gasteiger partial charge in [0.25, 0.3) is 5.56 Å². The van der Waals surface area contributed by atoms with Gasteiger partial charge in [0, 0.05) is 5.69 Å². The van der Waals surface area contributed by atoms with Gasteiger partial charge in [-0.2, -0.15) is 5.10 Å². The fourth-order valence-electron chi connectivity index (χ4n) is 2.94. The number of nitrogens with one attached hydrogen (secondary N) is 2. The van der Waals surface area contributed by atoms with Crippen molar-refractivity contribution in [1.82, 2.24) is 19.7 Å². The quantitative estimate of drug-likeness (QED) is 0.378. The predicted molar refractivity (Wildman–Crippen MR) is 115 cm³/mol. The standard InChI is InChI=1S/C21H18FN5O2S/c1-12-4-3-5-17(13(12)2)24-18(28)11-30-21-25-19-16(20(29)26-21)10-23-27(19)15-8-6-14(22)7-9-15/h3-10H,11H2,1-2H3,(H,24,28)(H,25,26,29). The van der Waals surface area contributed by atoms with Gasteiger partial charge < -0.3 is 10.3 Å². The van der Waals surface area contributed by atoms with Gasteiger partial charge in [0.2, 0.25) is 5.91 Å². The number of rotatable bonds is 5. The normalized spacial score (nSPS) is 11.0. The number of thioether (sulfide) groups is 1. The van der Waals surface area contributed by atoms with Crippen LogP contribution in [-0.4, -0.2) is 31.4 Å². The molecular weight excluding hydrogens is 405 g/mol. The van der Waals surface area contributed by atoms with Gasteiger partial charge in [0.1, 0.15) is 11.2 Å². The first-order valence-electron chi connectivity index (χ1n) is 9.15. The first-order chi connectivity index (χ1) is 14.4. The van der Waals surface area contributed by atoms with Crippen molar-refractivity contribution in [2.45, 2.75) is 19.0 Å². The van der Waals surface area contributed by atoms with Crippen molar-refractivity contribution < 1.29 is 9.18 Å². The van der Waals surface area contributed by atoms with Crippen LogP contribution in [0.25, 0.3) is 16.7 Å². The number of aryl methyl sites for hydroxylation is 1. The molecule has 0 aliphatic heterocycles. The maximum Gasteiger partial charge on any atom is 0.262 e. The van der Waals surface area contributed by atoms with Gasteiger partial charge in [-0.05, 0) is 55.3 Å². The minimum absolute atomic E-state index is 0.0759. The zero-order valence-corrected chi connectivity index (χ0v) is 17.1. The van der Waals surface area contributed by atoms with Crippen LogP contribution in [0.2, 0.25) is 0 Å². The molecule has 1 amide bonds. The van der Waals surface area contributed by atoms with E-state index in [1.165, 1.54) is 23.0 Å². The van der Waals surface area contributed by atoms with E-state index in [1.54, 1.807) is 12.1 Å². The molecule has 2 aromatic heterocycles. The predicted octanol–water partition coefficient (Wildman–Crippen LogP) is 3.60. The summed E-state index contributed by atoms with van der Waals surface area (Å²) in [6.07, 6.45) is 1.41. The second kappa shape index (κ2) is 8.11. The lowest BCUT2D eigenvalue weighted by atomic mass is 10.1. The molecule has 9 heteroatoms. The summed E-state index contributed by atoms with van der Waals surface area (Å²) in [4.78, 5) is 31.9. The fourth-order valence-corrected chi connectivity index (χ4v) is 3.60. The third kappa shape index (κ3) is 3.97. The molecular formula is C21H18FN5O2S. The maximum absolute atomic E-state index is 13.2. The zero-order valence-electron chi connectivity index (χ0n) is 16.3. The zero-order chi connectivity index (χ0) is 21.3. The van der Waals surface area contributed by atoms with Gasteiger partial charge in [0.05, 0.1) is 17.6 Å². The molecule has 152 valence electrons. The van der Waals surface area contributed by atoms with Crippen LogP contribution in [0, 0.1) is 19.7 Å². The molecule has 7 nitrogen and oxygen atoms in total. The summed E-state index contributed by atoms with van der Waals surface area (Å²) in [6, 6.07) is 11.4. The molecule has 0 fully saturated rings. The van der Waals surface area contributed by atoms with Gasteiger partial charge in [-0.1, -0.05) is 23.9 Å². The monoisotopic (exact) mass is 423 g/mol. The Balaban J connectivity index is 1.55. The molecule has 0 aliphatic rings. The van der Waals surface area contributed by atoms with Crippen LogP contribution in [-0.2, 0) is 4.79 Å². The molecule has 4 aromatic rings. The summed E-state index contributed by atoms with van der Waals surface area (Å²) in [5.41, 5.74) is 3.41. The largest absolute Gasteiger partial charge is 0.325 e. The molecule has 4 rings (SSSR count). The number of carbonyl (C=O) groups excluding carboxylic acids is 1. The number of aromatic amines is 1. The molecule has 30 heavy (non-hydrogen) atoms. The highest BCUT2D eigenvalue weighted by Crippen LogP contribution is 2.20. The average Bonchev–Trinajstić information content (AvgIpc) is 3.15. The highest BCUT2D eigenvalue weighted by atomic mass is 32.2. The lowest BCUT2D eigenvalue weighted by Gasteiger charge is -2.10. The topological polar surface area (TPSA) is 92.7 Å². The third-order valence-corrected chi connectivity index (χ3v) is 5.58. The number of fused-ring (bicyclic) bond motifs is 1. The molecule has 2 aromatic carbocycles. The molecule has 0 atom stereocenters. The Morgan fingerprint density at radius 1 is 1.20 bits per heavy atom. The lowest BCUT2D eigenvalue weighted by Crippen LogP contribution is -2.16. The van der Waals surface area contributed by atoms with Crippen LogP contribution in [0.15, 0.2) is 58.6 Å². The highest BCUT2D eigenvalue weighted by molar-refractivity contribution is 7.99. The second-order valence-corrected chi connectivity index (χ2v) is 7.69. The van der Waals surface area contributed by atoms with E-state index >= 15 is 0 Å². The minimum Gasteiger partial charge on any atom is -0.325 e. The molecule has 0 aliphatic carbocycles. The van der Waals surface area contributed by atoms with Crippen molar-refractivity contribution in [2.75, 3.05) is 11.1 Å². The van der Waals surface area contributed by atoms with Crippen LogP contribution in [0.1, 0.15) is 11.1 Å². The summed E-state index contributed by atoms with van der Waals surface area (Å²) in [5.74, 6) is -0.498. The van der Waals surface area contributed by atoms with Crippen LogP contribution >= 0.6 is 11.8 Å². The third-order valence-electron chi connectivity index (χ3n) is 4.71. The van der Waals surface area contributed by atoms with Crippen LogP contribution < -0.4 is 10.9 Å². The number of anilines is 1. The summed E-state index contributed by atoms with van der Waals surface area (Å²) in [5, 5.41) is 7.67. The summed E-state index contributed by atoms with van der Waals surface area (Å²) < 4.78 is 14.7. The average molecular weight is 423 g/mol. The van der Waals surface area contributed by atoms with E-state index in [4.69, 9.17) is 0 Å². The summed E-state index contributed by atoms with van der Waals surface area (Å²) in [6.45, 7) is 3.93. The van der Waals surface area contributed by atoms with Crippen molar-refractivity contribution >= 4 is 34.4 Å². The van der Waals surface area contributed by atoms with Crippen molar-refractivity contribution in [2.24, 2.45) is 0 Å². The van der Waals surface area contributed by atoms with Gasteiger partial charge in [-0.15, -0.1) is 0 Å². The highest BCUT2D eigenvalue weighted by Gasteiger charge is 2.13. The molecule has 0 bridgehead atoms. The Kier molecular flexibility index (Phi) is 5.37. The molecule has 0 unspecified atom stereocenters. The van der Waals surface area contributed by atoms with E-state index in [0.29, 0.717) is 21.9 Å². The fraction of sp³-hybridized carbons (Fsp3) is 0.143. The van der Waals surface area contributed by atoms with Crippen LogP contribution in [0.3, 0.4) is 0 Å². The number of carbonyl (C=O) groups is 1. The number of hydrogen-bond donors (Lipinski definition) is 2. The van der Waals surface area contributed by atoms with Crippen molar-refractivity contribution in [3.05, 3.63) is 76.0 Å². The van der Waals surface area contributed by atoms with Gasteiger partial charge in [-0.3, -0.25) is 9.59 Å². The van der Waals surface area contributed by atoms with Gasteiger partial charge in [0.15, 0.2) is 10.8 Å². The summed E-state index contributed by atoms with van der Waals surface area (Å²) >= 11 is 1.12. The van der Waals surface area contributed by atoms with Gasteiger partial charge in [-0.25, -0.2) is 14.1 Å². The van der Waals surface area contributed by atoms with E-state index in [1.807, 2.05) is 32.0 Å². The number of halogens is 1. The molecule has 0 spiro atoms. The minimum atomic E-state index is -0.368. The van der Waals surface area contributed by atoms with Crippen LogP contribution in [0.4, 0.5) is 10.1 Å². The van der Waals surface area contributed by atoms with Crippen molar-refractivity contribution in [3.8, 4) is 5.69 Å². The molecule has 0 saturated heterocycles. The van der Waals surface area contributed by atoms with Gasteiger partial charge >= 0.3 is 0 Å². The Morgan fingerprint density at radius 3 is 2.73 bits per heavy atom. The van der Waals surface area contributed by atoms with Crippen molar-refractivity contribution in [3.63, 3.8) is 0 Å². The number of H-pyrrole nitrogens is 1. The molecule has 0 saturated carbocycles. The number of nitrogens with zero attached hydrogens (tertiary/aromatic N) is 3. The SMILES string of the molecule is Cc1cccc(NC(=O)CSc2nc3c(cnn3-c3ccc(F)cc3)c(=O)[nH]2)c1C. The smallest absolute Gasteiger partial charge is 0.262 e. The Bertz CT molecular complexity index is 1300. The van der Waals surface area contributed by atoms with E-state index in [-0.39, 0.29) is 23.0 Å². The number of hydrogen-bond acceptors (Lipinski definition) is 5. The van der Waals surface area contributed by atoms with E-state index in [2.05, 4.69) is 20.4 Å². The Morgan fingerprint density at radius 2 is 1.97 bits per heavy atom. The van der Waals surface area contributed by atoms with E-state index in [0.717, 1.165) is 28.6 Å². The Labute approximate surface area is 175 Å². The molecule has 0 radical (unpaired) electrons. The number of aromatic nitrogens is 4.